The number of aliphatic hydroxyl groups excluding tert-OH is 4. The van der Waals surface area contributed by atoms with Gasteiger partial charge in [-0.3, -0.25) is 29.2 Å². The Labute approximate surface area is 708 Å². The molecule has 8 aliphatic rings. The van der Waals surface area contributed by atoms with Crippen molar-refractivity contribution in [2.75, 3.05) is 54.2 Å². The molecule has 12 N–H and O–H groups in total. The van der Waals surface area contributed by atoms with E-state index in [2.05, 4.69) is 59.4 Å². The zero-order valence-corrected chi connectivity index (χ0v) is 72.9. The number of benzene rings is 8. The first-order valence-corrected chi connectivity index (χ1v) is 43.0. The topological polar surface area (TPSA) is 308 Å². The van der Waals surface area contributed by atoms with Crippen molar-refractivity contribution in [1.29, 1.82) is 0 Å². The van der Waals surface area contributed by atoms with Gasteiger partial charge in [-0.05, 0) is 330 Å². The molecule has 4 aliphatic carbocycles. The summed E-state index contributed by atoms with van der Waals surface area (Å²) in [6, 6.07) is 31.4. The van der Waals surface area contributed by atoms with Crippen LogP contribution in [0.25, 0.3) is 0 Å². The Hall–Kier alpha value is -9.22. The van der Waals surface area contributed by atoms with Crippen LogP contribution >= 0.6 is 0 Å². The van der Waals surface area contributed by atoms with Crippen LogP contribution in [0, 0.1) is 89.9 Å². The van der Waals surface area contributed by atoms with Gasteiger partial charge in [0.25, 0.3) is 0 Å². The lowest BCUT2D eigenvalue weighted by molar-refractivity contribution is -0.194. The van der Waals surface area contributed by atoms with E-state index in [0.717, 1.165) is 158 Å². The lowest BCUT2D eigenvalue weighted by Gasteiger charge is -2.56. The molecule has 4 bridgehead atoms. The molecule has 0 unspecified atom stereocenters. The summed E-state index contributed by atoms with van der Waals surface area (Å²) in [5.41, 5.74) is 14.3. The second kappa shape index (κ2) is 35.0. The summed E-state index contributed by atoms with van der Waals surface area (Å²) in [5, 5.41) is 127. The number of aliphatic hydroxyl groups is 4. The summed E-state index contributed by atoms with van der Waals surface area (Å²) in [7, 11) is 3.15. The van der Waals surface area contributed by atoms with Crippen molar-refractivity contribution >= 4 is 12.6 Å². The number of phenols is 8. The smallest absolute Gasteiger partial charge is 0.161 e. The quantitative estimate of drug-likeness (QED) is 0.0316. The number of carbonyl (C=O) groups excluding carboxylic acids is 2. The van der Waals surface area contributed by atoms with Crippen LogP contribution in [0.15, 0.2) is 97.1 Å². The molecule has 0 atom stereocenters. The number of carbonyl (C=O) groups is 2. The molecule has 4 saturated carbocycles. The van der Waals surface area contributed by atoms with Crippen LogP contribution in [0.2, 0.25) is 0 Å². The molecule has 20 heteroatoms. The maximum atomic E-state index is 12.1. The molecule has 0 aromatic heterocycles. The summed E-state index contributed by atoms with van der Waals surface area (Å²) < 4.78 is 11.3. The third-order valence-electron chi connectivity index (χ3n) is 30.5. The second-order valence-electron chi connectivity index (χ2n) is 37.8. The van der Waals surface area contributed by atoms with E-state index in [1.165, 1.54) is 40.0 Å². The predicted molar refractivity (Wildman–Crippen MR) is 465 cm³/mol. The van der Waals surface area contributed by atoms with Crippen LogP contribution in [-0.2, 0) is 48.1 Å². The van der Waals surface area contributed by atoms with E-state index < -0.39 is 21.7 Å². The van der Waals surface area contributed by atoms with Crippen molar-refractivity contribution in [3.63, 3.8) is 0 Å². The minimum absolute atomic E-state index is 0.0111. The molecule has 0 radical (unpaired) electrons. The summed E-state index contributed by atoms with van der Waals surface area (Å²) >= 11 is 0. The molecule has 0 amide bonds. The Morgan fingerprint density at radius 2 is 0.483 bits per heavy atom. The Bertz CT molecular complexity index is 4680. The summed E-state index contributed by atoms with van der Waals surface area (Å²) in [6.45, 7) is 30.5. The number of aryl methyl sites for hydroxylation is 8. The number of phenolic OH excluding ortho intramolecular Hbond substituents is 4. The maximum Gasteiger partial charge on any atom is 0.161 e. The van der Waals surface area contributed by atoms with E-state index in [1.807, 2.05) is 114 Å². The molecule has 4 saturated heterocycles. The highest BCUT2D eigenvalue weighted by atomic mass is 16.5. The van der Waals surface area contributed by atoms with Gasteiger partial charge in [-0.25, -0.2) is 0 Å². The highest BCUT2D eigenvalue weighted by Crippen LogP contribution is 2.62. The van der Waals surface area contributed by atoms with Gasteiger partial charge in [-0.1, -0.05) is 76.2 Å². The number of aromatic hydroxyl groups is 8. The Morgan fingerprint density at radius 3 is 0.675 bits per heavy atom. The standard InChI is InChI=1S/C47H56O8.C47H60O8.C6H12N4/c1-27-17-35(21-31(25-48)41(27)50)46(36-18-28(2)42(51)32(22-36)26-49)13-9-33(10-14-46)45(5,6)34-11-15-47(16-12-34,37-19-29(3)43(52)39(23-37)54-7)38-20-30(4)44(53)40(24-38)55-8;1-27-15-37(19-31(23-48)41(27)52)46(38-16-28(2)42(53)32(20-38)24-49)11-7-35(8-12-46)45(5,6)36-9-13-47(14-10-36,39-17-29(3)43(54)33(21-39)25-50)40-18-30(4)44(55)34(22-40)26-51;1-7-2-9-4-8(1)5-10(3-7)6-9/h17-26,33-34,50-53H,9-16H2,1-8H3;15-22,35-36,48-55H,7-14,23-26H2,1-6H3;1-6H2. The Kier molecular flexibility index (Phi) is 25.8. The largest absolute Gasteiger partial charge is 0.507 e. The summed E-state index contributed by atoms with van der Waals surface area (Å²) in [6.07, 6.45) is 15.6. The molecule has 4 heterocycles. The third kappa shape index (κ3) is 16.3. The van der Waals surface area contributed by atoms with Crippen LogP contribution in [0.4, 0.5) is 0 Å². The normalized spacial score (nSPS) is 20.9. The third-order valence-corrected chi connectivity index (χ3v) is 30.5. The number of ether oxygens (including phenoxy) is 2. The van der Waals surface area contributed by atoms with E-state index in [1.54, 1.807) is 40.2 Å². The van der Waals surface area contributed by atoms with E-state index in [9.17, 15) is 70.9 Å². The molecule has 4 aliphatic heterocycles. The van der Waals surface area contributed by atoms with Crippen molar-refractivity contribution < 1.29 is 80.3 Å². The molecular formula is C100H128N4O16. The maximum absolute atomic E-state index is 12.1. The highest BCUT2D eigenvalue weighted by molar-refractivity contribution is 5.82. The highest BCUT2D eigenvalue weighted by Gasteiger charge is 2.52. The second-order valence-corrected chi connectivity index (χ2v) is 37.8. The summed E-state index contributed by atoms with van der Waals surface area (Å²) in [5.74, 6) is 3.19. The lowest BCUT2D eigenvalue weighted by Crippen LogP contribution is -2.71. The minimum atomic E-state index is -0.522. The van der Waals surface area contributed by atoms with E-state index in [0.29, 0.717) is 103 Å². The minimum Gasteiger partial charge on any atom is -0.507 e. The first-order chi connectivity index (χ1) is 57.0. The van der Waals surface area contributed by atoms with Gasteiger partial charge in [0.15, 0.2) is 35.6 Å². The molecular weight excluding hydrogens is 1510 g/mol. The lowest BCUT2D eigenvalue weighted by atomic mass is 9.53. The van der Waals surface area contributed by atoms with Gasteiger partial charge in [0.05, 0.1) is 91.8 Å². The van der Waals surface area contributed by atoms with Crippen LogP contribution in [0.3, 0.4) is 0 Å². The predicted octanol–water partition coefficient (Wildman–Crippen LogP) is 17.4. The molecule has 8 fully saturated rings. The Balaban J connectivity index is 0.000000184. The van der Waals surface area contributed by atoms with Crippen molar-refractivity contribution in [3.05, 3.63) is 219 Å². The van der Waals surface area contributed by atoms with E-state index >= 15 is 0 Å². The number of hydrogen-bond acceptors (Lipinski definition) is 20. The van der Waals surface area contributed by atoms with Crippen LogP contribution < -0.4 is 9.47 Å². The van der Waals surface area contributed by atoms with E-state index in [-0.39, 0.29) is 94.4 Å². The van der Waals surface area contributed by atoms with Gasteiger partial charge in [0.1, 0.15) is 34.5 Å². The number of methoxy groups -OCH3 is 2. The van der Waals surface area contributed by atoms with Gasteiger partial charge in [0.2, 0.25) is 0 Å². The summed E-state index contributed by atoms with van der Waals surface area (Å²) in [4.78, 5) is 34.1. The zero-order chi connectivity index (χ0) is 86.6. The number of rotatable bonds is 20. The fraction of sp³-hybridized carbons (Fsp3) is 0.500. The Morgan fingerprint density at radius 1 is 0.300 bits per heavy atom. The number of nitrogens with zero attached hydrogens (tertiary/aromatic N) is 4. The van der Waals surface area contributed by atoms with Crippen molar-refractivity contribution in [3.8, 4) is 57.5 Å². The fourth-order valence-corrected chi connectivity index (χ4v) is 23.0. The van der Waals surface area contributed by atoms with Crippen LogP contribution in [0.1, 0.15) is 262 Å². The average molecular weight is 1640 g/mol. The molecule has 120 heavy (non-hydrogen) atoms. The number of aldehydes is 2. The molecule has 644 valence electrons. The molecule has 0 spiro atoms. The van der Waals surface area contributed by atoms with Gasteiger partial charge in [-0.2, -0.15) is 0 Å². The van der Waals surface area contributed by atoms with Crippen LogP contribution in [-0.4, -0.2) is 148 Å². The van der Waals surface area contributed by atoms with Gasteiger partial charge < -0.3 is 70.8 Å². The molecule has 8 aromatic rings. The van der Waals surface area contributed by atoms with E-state index in [4.69, 9.17) is 9.47 Å². The first kappa shape index (κ1) is 88.6. The fourth-order valence-electron chi connectivity index (χ4n) is 23.0. The monoisotopic (exact) mass is 1640 g/mol. The molecule has 20 nitrogen and oxygen atoms in total. The van der Waals surface area contributed by atoms with Gasteiger partial charge >= 0.3 is 0 Å². The van der Waals surface area contributed by atoms with Crippen molar-refractivity contribution in [2.45, 2.75) is 234 Å². The van der Waals surface area contributed by atoms with Crippen LogP contribution in [0.5, 0.6) is 57.5 Å². The zero-order valence-electron chi connectivity index (χ0n) is 72.9. The average Bonchev–Trinajstić information content (AvgIpc) is 0.737. The number of hydrogen-bond donors (Lipinski definition) is 12. The van der Waals surface area contributed by atoms with Crippen molar-refractivity contribution in [1.82, 2.24) is 19.6 Å². The first-order valence-electron chi connectivity index (χ1n) is 43.0. The SMILES string of the molecule is C1N2CN3CN1CN(C2)C3.COc1cc(C2(c3cc(C)c(O)c(OC)c3)CCC(C(C)(C)C3CCC(c4cc(C)c(O)c(C=O)c4)(c4cc(C)c(O)c(C=O)c4)CC3)CC2)cc(C)c1O.Cc1cc(C2(c3cc(C)c(O)c(CO)c3)CCC(C(C)(C)C3CCC(c4cc(C)c(O)c(CO)c4)(c4cc(C)c(O)c(CO)c4)CC3)CC2)cc(CO)c1O. The van der Waals surface area contributed by atoms with Crippen molar-refractivity contribution in [2.24, 2.45) is 34.5 Å². The van der Waals surface area contributed by atoms with Gasteiger partial charge in [0, 0.05) is 43.9 Å². The molecule has 16 rings (SSSR count). The molecule has 8 aromatic carbocycles. The van der Waals surface area contributed by atoms with Gasteiger partial charge in [-0.15, -0.1) is 0 Å².